The highest BCUT2D eigenvalue weighted by atomic mass is 16.5. The summed E-state index contributed by atoms with van der Waals surface area (Å²) in [6.07, 6.45) is 0.333. The fraction of sp³-hybridized carbons (Fsp3) is 0.588. The van der Waals surface area contributed by atoms with Gasteiger partial charge in [0, 0.05) is 24.2 Å². The van der Waals surface area contributed by atoms with E-state index in [0.29, 0.717) is 24.4 Å². The molecule has 0 unspecified atom stereocenters. The summed E-state index contributed by atoms with van der Waals surface area (Å²) in [5.41, 5.74) is 0.574. The first-order valence-corrected chi connectivity index (χ1v) is 7.76. The predicted octanol–water partition coefficient (Wildman–Crippen LogP) is 1.95. The summed E-state index contributed by atoms with van der Waals surface area (Å²) < 4.78 is 5.53. The van der Waals surface area contributed by atoms with Gasteiger partial charge < -0.3 is 20.5 Å². The van der Waals surface area contributed by atoms with Gasteiger partial charge in [0.25, 0.3) is 5.91 Å². The molecule has 1 aromatic rings. The summed E-state index contributed by atoms with van der Waals surface area (Å²) in [5.74, 6) is 0.560. The number of nitrogens with one attached hydrogen (secondary N) is 2. The molecule has 0 aliphatic carbocycles. The van der Waals surface area contributed by atoms with Crippen LogP contribution in [0, 0.1) is 0 Å². The van der Waals surface area contributed by atoms with Gasteiger partial charge >= 0.3 is 0 Å². The number of β-amino-alcohol motifs (C(OH)–C–C–N with tert-alkyl or cyclic N) is 1. The first-order valence-electron chi connectivity index (χ1n) is 7.76. The molecular weight excluding hydrogens is 280 g/mol. The van der Waals surface area contributed by atoms with E-state index in [0.717, 1.165) is 6.42 Å². The van der Waals surface area contributed by atoms with Crippen LogP contribution in [0.3, 0.4) is 0 Å². The first kappa shape index (κ1) is 18.5. The minimum atomic E-state index is -0.577. The Morgan fingerprint density at radius 1 is 1.27 bits per heavy atom. The number of rotatable bonds is 8. The van der Waals surface area contributed by atoms with E-state index >= 15 is 0 Å². The molecule has 1 atom stereocenters. The zero-order valence-corrected chi connectivity index (χ0v) is 14.0. The highest BCUT2D eigenvalue weighted by Crippen LogP contribution is 2.12. The third-order valence-corrected chi connectivity index (χ3v) is 2.96. The predicted molar refractivity (Wildman–Crippen MR) is 88.3 cm³/mol. The fourth-order valence-electron chi connectivity index (χ4n) is 1.72. The molecule has 0 radical (unpaired) electrons. The van der Waals surface area contributed by atoms with Crippen LogP contribution in [0.4, 0.5) is 0 Å². The summed E-state index contributed by atoms with van der Waals surface area (Å²) in [7, 11) is 0. The van der Waals surface area contributed by atoms with Crippen molar-refractivity contribution >= 4 is 5.91 Å². The molecule has 0 heterocycles. The van der Waals surface area contributed by atoms with E-state index in [9.17, 15) is 9.90 Å². The van der Waals surface area contributed by atoms with Crippen LogP contribution in [-0.4, -0.2) is 42.4 Å². The monoisotopic (exact) mass is 308 g/mol. The van der Waals surface area contributed by atoms with Crippen LogP contribution in [0.25, 0.3) is 0 Å². The van der Waals surface area contributed by atoms with Crippen LogP contribution in [0.5, 0.6) is 5.75 Å². The van der Waals surface area contributed by atoms with Crippen molar-refractivity contribution in [3.05, 3.63) is 29.8 Å². The molecule has 3 N–H and O–H groups in total. The smallest absolute Gasteiger partial charge is 0.251 e. The molecule has 0 spiro atoms. The molecule has 0 bridgehead atoms. The molecule has 0 saturated heterocycles. The van der Waals surface area contributed by atoms with Crippen molar-refractivity contribution in [3.8, 4) is 5.75 Å². The minimum Gasteiger partial charge on any atom is -0.491 e. The Morgan fingerprint density at radius 3 is 2.45 bits per heavy atom. The average Bonchev–Trinajstić information content (AvgIpc) is 2.48. The van der Waals surface area contributed by atoms with E-state index in [4.69, 9.17) is 4.74 Å². The van der Waals surface area contributed by atoms with E-state index in [2.05, 4.69) is 10.6 Å². The van der Waals surface area contributed by atoms with Gasteiger partial charge in [-0.15, -0.1) is 0 Å². The Bertz CT molecular complexity index is 452. The van der Waals surface area contributed by atoms with Gasteiger partial charge in [0.1, 0.15) is 18.5 Å². The van der Waals surface area contributed by atoms with Crippen LogP contribution < -0.4 is 15.4 Å². The zero-order chi connectivity index (χ0) is 16.6. The maximum absolute atomic E-state index is 11.8. The normalized spacial score (nSPS) is 12.8. The zero-order valence-electron chi connectivity index (χ0n) is 14.0. The van der Waals surface area contributed by atoms with E-state index in [1.54, 1.807) is 24.3 Å². The minimum absolute atomic E-state index is 0.0333. The summed E-state index contributed by atoms with van der Waals surface area (Å²) in [6.45, 7) is 9.50. The lowest BCUT2D eigenvalue weighted by atomic mass is 10.1. The van der Waals surface area contributed by atoms with Crippen LogP contribution in [0.2, 0.25) is 0 Å². The Morgan fingerprint density at radius 2 is 1.91 bits per heavy atom. The number of aliphatic hydroxyl groups is 1. The highest BCUT2D eigenvalue weighted by molar-refractivity contribution is 5.94. The SMILES string of the molecule is CCCNC(=O)c1ccc(OC[C@@H](O)CNC(C)(C)C)cc1. The van der Waals surface area contributed by atoms with Gasteiger partial charge in [-0.3, -0.25) is 4.79 Å². The molecule has 0 aromatic heterocycles. The Kier molecular flexibility index (Phi) is 7.35. The number of aliphatic hydroxyl groups excluding tert-OH is 1. The topological polar surface area (TPSA) is 70.6 Å². The average molecular weight is 308 g/mol. The lowest BCUT2D eigenvalue weighted by Gasteiger charge is -2.22. The fourth-order valence-corrected chi connectivity index (χ4v) is 1.72. The number of hydrogen-bond acceptors (Lipinski definition) is 4. The van der Waals surface area contributed by atoms with Crippen molar-refractivity contribution in [2.45, 2.75) is 45.8 Å². The summed E-state index contributed by atoms with van der Waals surface area (Å²) in [6, 6.07) is 6.93. The van der Waals surface area contributed by atoms with Crippen LogP contribution in [0.1, 0.15) is 44.5 Å². The van der Waals surface area contributed by atoms with Gasteiger partial charge in [0.15, 0.2) is 0 Å². The second-order valence-electron chi connectivity index (χ2n) is 6.38. The Balaban J connectivity index is 2.39. The summed E-state index contributed by atoms with van der Waals surface area (Å²) >= 11 is 0. The number of benzene rings is 1. The number of carbonyl (C=O) groups excluding carboxylic acids is 1. The molecule has 5 nitrogen and oxygen atoms in total. The van der Waals surface area contributed by atoms with Gasteiger partial charge in [-0.05, 0) is 51.5 Å². The molecule has 0 fully saturated rings. The van der Waals surface area contributed by atoms with E-state index < -0.39 is 6.10 Å². The molecule has 0 saturated carbocycles. The van der Waals surface area contributed by atoms with Crippen molar-refractivity contribution in [2.24, 2.45) is 0 Å². The largest absolute Gasteiger partial charge is 0.491 e. The summed E-state index contributed by atoms with van der Waals surface area (Å²) in [5, 5.41) is 15.9. The molecule has 0 aliphatic rings. The Hall–Kier alpha value is -1.59. The molecule has 1 rings (SSSR count). The second kappa shape index (κ2) is 8.76. The van der Waals surface area contributed by atoms with E-state index in [-0.39, 0.29) is 18.1 Å². The van der Waals surface area contributed by atoms with E-state index in [1.165, 1.54) is 0 Å². The quantitative estimate of drug-likeness (QED) is 0.686. The lowest BCUT2D eigenvalue weighted by Crippen LogP contribution is -2.42. The standard InChI is InChI=1S/C17H28N2O3/c1-5-10-18-16(21)13-6-8-15(9-7-13)22-12-14(20)11-19-17(2,3)4/h6-9,14,19-20H,5,10-12H2,1-4H3,(H,18,21)/t14-/m0/s1. The van der Waals surface area contributed by atoms with Gasteiger partial charge in [0.05, 0.1) is 0 Å². The van der Waals surface area contributed by atoms with Crippen molar-refractivity contribution in [3.63, 3.8) is 0 Å². The molecule has 124 valence electrons. The van der Waals surface area contributed by atoms with Crippen molar-refractivity contribution in [2.75, 3.05) is 19.7 Å². The molecule has 5 heteroatoms. The van der Waals surface area contributed by atoms with Crippen LogP contribution >= 0.6 is 0 Å². The van der Waals surface area contributed by atoms with Crippen molar-refractivity contribution in [1.82, 2.24) is 10.6 Å². The number of ether oxygens (including phenoxy) is 1. The Labute approximate surface area is 133 Å². The van der Waals surface area contributed by atoms with Crippen molar-refractivity contribution < 1.29 is 14.6 Å². The second-order valence-corrected chi connectivity index (χ2v) is 6.38. The molecule has 1 aromatic carbocycles. The lowest BCUT2D eigenvalue weighted by molar-refractivity contribution is 0.0951. The van der Waals surface area contributed by atoms with Gasteiger partial charge in [-0.25, -0.2) is 0 Å². The maximum atomic E-state index is 11.8. The number of carbonyl (C=O) groups is 1. The number of amides is 1. The van der Waals surface area contributed by atoms with Gasteiger partial charge in [-0.1, -0.05) is 6.92 Å². The molecular formula is C17H28N2O3. The maximum Gasteiger partial charge on any atom is 0.251 e. The molecule has 22 heavy (non-hydrogen) atoms. The molecule has 1 amide bonds. The third-order valence-electron chi connectivity index (χ3n) is 2.96. The van der Waals surface area contributed by atoms with Gasteiger partial charge in [0.2, 0.25) is 0 Å². The number of hydrogen-bond donors (Lipinski definition) is 3. The highest BCUT2D eigenvalue weighted by Gasteiger charge is 2.12. The third kappa shape index (κ3) is 7.43. The van der Waals surface area contributed by atoms with E-state index in [1.807, 2.05) is 27.7 Å². The van der Waals surface area contributed by atoms with Crippen LogP contribution in [0.15, 0.2) is 24.3 Å². The van der Waals surface area contributed by atoms with Crippen molar-refractivity contribution in [1.29, 1.82) is 0 Å². The molecule has 0 aliphatic heterocycles. The van der Waals surface area contributed by atoms with Crippen LogP contribution in [-0.2, 0) is 0 Å². The van der Waals surface area contributed by atoms with Gasteiger partial charge in [-0.2, -0.15) is 0 Å². The first-order chi connectivity index (χ1) is 10.3. The summed E-state index contributed by atoms with van der Waals surface area (Å²) in [4.78, 5) is 11.8.